The molecule has 8 nitrogen and oxygen atoms in total. The zero-order chi connectivity index (χ0) is 22.0. The molecule has 0 atom stereocenters. The number of ether oxygens (including phenoxy) is 1. The van der Waals surface area contributed by atoms with E-state index < -0.39 is 30.5 Å². The van der Waals surface area contributed by atoms with Crippen LogP contribution in [0.3, 0.4) is 0 Å². The fourth-order valence-corrected chi connectivity index (χ4v) is 10.9. The molecule has 31 heavy (non-hydrogen) atoms. The van der Waals surface area contributed by atoms with E-state index in [9.17, 15) is 18.8 Å². The van der Waals surface area contributed by atoms with Crippen LogP contribution in [0.1, 0.15) is 10.4 Å². The van der Waals surface area contributed by atoms with Crippen molar-refractivity contribution in [1.29, 1.82) is 0 Å². The van der Waals surface area contributed by atoms with Gasteiger partial charge in [0.15, 0.2) is 0 Å². The third-order valence-corrected chi connectivity index (χ3v) is 12.9. The Hall–Kier alpha value is -1.84. The number of hydrogen-bond donors (Lipinski definition) is 1. The molecule has 2 heterocycles. The van der Waals surface area contributed by atoms with E-state index in [0.717, 1.165) is 10.2 Å². The summed E-state index contributed by atoms with van der Waals surface area (Å²) in [5.74, 6) is 0.348. The molecule has 4 aromatic rings. The zero-order valence-electron chi connectivity index (χ0n) is 15.7. The number of thiophene rings is 1. The molecular weight excluding hydrogens is 579 g/mol. The minimum atomic E-state index is -4.56. The summed E-state index contributed by atoms with van der Waals surface area (Å²) in [5, 5.41) is 5.00. The summed E-state index contributed by atoms with van der Waals surface area (Å²) < 4.78 is 45.7. The Bertz CT molecular complexity index is 1190. The Kier molecular flexibility index (Phi) is 6.74. The van der Waals surface area contributed by atoms with Crippen LogP contribution in [0.4, 0.5) is 5.13 Å². The Morgan fingerprint density at radius 2 is 1.90 bits per heavy atom. The van der Waals surface area contributed by atoms with Gasteiger partial charge in [-0.25, -0.2) is 0 Å². The van der Waals surface area contributed by atoms with Gasteiger partial charge in [-0.3, -0.25) is 0 Å². The Labute approximate surface area is 194 Å². The standard InChI is InChI=1S/C19H14ClIN2O6S2/c1-28-14-8-9-15-16(11-14)31-19(22-15)23-18(24)12-4-6-13(7-5-12)21(29-20(25,26)27)17-3-2-10-30-17/h2-11H,1H3,(H,22,23,24). The topological polar surface area (TPSA) is 130 Å². The summed E-state index contributed by atoms with van der Waals surface area (Å²) in [4.78, 5) is 17.0. The molecule has 0 radical (unpaired) electrons. The molecule has 12 heteroatoms. The van der Waals surface area contributed by atoms with Gasteiger partial charge in [-0.05, 0) is 0 Å². The molecule has 0 fully saturated rings. The normalized spacial score (nSPS) is 12.1. The predicted molar refractivity (Wildman–Crippen MR) is 117 cm³/mol. The SMILES string of the molecule is COc1ccc2nc(NC(=O)c3ccc(I(O[Cl+3]([O-])([O-])[O-])c4cccs4)cc3)sc2c1. The monoisotopic (exact) mass is 592 g/mol. The van der Waals surface area contributed by atoms with Crippen LogP contribution in [0.15, 0.2) is 60.0 Å². The van der Waals surface area contributed by atoms with Gasteiger partial charge in [0.1, 0.15) is 0 Å². The number of fused-ring (bicyclic) bond motifs is 1. The average molecular weight is 593 g/mol. The van der Waals surface area contributed by atoms with E-state index in [0.29, 0.717) is 22.9 Å². The third kappa shape index (κ3) is 5.51. The van der Waals surface area contributed by atoms with Crippen LogP contribution in [-0.2, 0) is 2.62 Å². The number of aromatic nitrogens is 1. The summed E-state index contributed by atoms with van der Waals surface area (Å²) >= 11 is -0.282. The van der Waals surface area contributed by atoms with Crippen LogP contribution < -0.4 is 24.0 Å². The molecule has 0 aliphatic heterocycles. The van der Waals surface area contributed by atoms with Crippen molar-refractivity contribution in [2.45, 2.75) is 0 Å². The predicted octanol–water partition coefficient (Wildman–Crippen LogP) is 1.99. The molecule has 0 unspecified atom stereocenters. The number of benzene rings is 2. The summed E-state index contributed by atoms with van der Waals surface area (Å²) in [6, 6.07) is 15.3. The number of anilines is 1. The second kappa shape index (κ2) is 9.34. The summed E-state index contributed by atoms with van der Waals surface area (Å²) in [7, 11) is -2.98. The van der Waals surface area contributed by atoms with Crippen molar-refractivity contribution < 1.29 is 36.4 Å². The van der Waals surface area contributed by atoms with Gasteiger partial charge in [0, 0.05) is 0 Å². The second-order valence-corrected chi connectivity index (χ2v) is 14.3. The number of hydrogen-bond acceptors (Lipinski definition) is 9. The molecule has 2 aromatic heterocycles. The maximum atomic E-state index is 12.6. The van der Waals surface area contributed by atoms with E-state index in [-0.39, 0.29) is 5.91 Å². The van der Waals surface area contributed by atoms with E-state index in [2.05, 4.69) is 10.3 Å². The van der Waals surface area contributed by atoms with Gasteiger partial charge in [0.25, 0.3) is 0 Å². The quantitative estimate of drug-likeness (QED) is 0.325. The molecule has 162 valence electrons. The van der Waals surface area contributed by atoms with Gasteiger partial charge in [0.2, 0.25) is 0 Å². The van der Waals surface area contributed by atoms with E-state index in [1.165, 1.54) is 22.7 Å². The fourth-order valence-electron chi connectivity index (χ4n) is 2.57. The zero-order valence-corrected chi connectivity index (χ0v) is 20.3. The van der Waals surface area contributed by atoms with Gasteiger partial charge >= 0.3 is 189 Å². The first-order valence-corrected chi connectivity index (χ1v) is 14.5. The molecule has 4 rings (SSSR count). The number of nitrogens with one attached hydrogen (secondary N) is 1. The molecule has 0 bridgehead atoms. The molecule has 0 aliphatic rings. The summed E-state index contributed by atoms with van der Waals surface area (Å²) in [6.45, 7) is 0. The number of nitrogens with zero attached hydrogens (tertiary/aromatic N) is 1. The Morgan fingerprint density at radius 3 is 2.55 bits per heavy atom. The summed E-state index contributed by atoms with van der Waals surface area (Å²) in [6.07, 6.45) is 0. The second-order valence-electron chi connectivity index (χ2n) is 5.92. The minimum absolute atomic E-state index is 0.357. The van der Waals surface area contributed by atoms with E-state index in [1.807, 2.05) is 12.1 Å². The Balaban J connectivity index is 1.52. The van der Waals surface area contributed by atoms with Crippen molar-refractivity contribution in [3.05, 3.63) is 72.0 Å². The first-order chi connectivity index (χ1) is 14.8. The van der Waals surface area contributed by atoms with Crippen LogP contribution in [-0.4, -0.2) is 18.0 Å². The molecule has 0 aliphatic carbocycles. The van der Waals surface area contributed by atoms with Crippen molar-refractivity contribution in [3.8, 4) is 5.75 Å². The van der Waals surface area contributed by atoms with Crippen molar-refractivity contribution in [1.82, 2.24) is 4.98 Å². The van der Waals surface area contributed by atoms with Gasteiger partial charge in [-0.1, -0.05) is 0 Å². The number of rotatable bonds is 7. The molecule has 0 spiro atoms. The number of thiazole rings is 1. The number of methoxy groups -OCH3 is 1. The number of carbonyl (C=O) groups excluding carboxylic acids is 1. The van der Waals surface area contributed by atoms with Crippen LogP contribution in [0, 0.1) is 16.7 Å². The van der Waals surface area contributed by atoms with Gasteiger partial charge in [-0.15, -0.1) is 0 Å². The average Bonchev–Trinajstić information content (AvgIpc) is 3.40. The van der Waals surface area contributed by atoms with E-state index in [1.54, 1.807) is 55.0 Å². The third-order valence-electron chi connectivity index (χ3n) is 3.91. The van der Waals surface area contributed by atoms with Crippen molar-refractivity contribution >= 4 is 64.2 Å². The van der Waals surface area contributed by atoms with Gasteiger partial charge in [0.05, 0.1) is 7.11 Å². The first-order valence-electron chi connectivity index (χ1n) is 8.53. The molecule has 1 N–H and O–H groups in total. The summed E-state index contributed by atoms with van der Waals surface area (Å²) in [5.41, 5.74) is 1.11. The maximum absolute atomic E-state index is 12.6. The fraction of sp³-hybridized carbons (Fsp3) is 0.0526. The number of halogens is 2. The van der Waals surface area contributed by atoms with Crippen LogP contribution in [0.2, 0.25) is 0 Å². The van der Waals surface area contributed by atoms with E-state index >= 15 is 0 Å². The van der Waals surface area contributed by atoms with Crippen molar-refractivity contribution in [2.75, 3.05) is 12.4 Å². The van der Waals surface area contributed by atoms with Gasteiger partial charge in [-0.2, -0.15) is 0 Å². The van der Waals surface area contributed by atoms with Crippen LogP contribution in [0.25, 0.3) is 10.2 Å². The molecule has 1 amide bonds. The molecule has 2 aromatic carbocycles. The number of carbonyl (C=O) groups is 1. The number of amides is 1. The van der Waals surface area contributed by atoms with Gasteiger partial charge < -0.3 is 0 Å². The van der Waals surface area contributed by atoms with Crippen LogP contribution >= 0.6 is 42.9 Å². The Morgan fingerprint density at radius 1 is 1.13 bits per heavy atom. The first kappa shape index (κ1) is 22.4. The molecular formula is C19H14ClIN2O6S2. The van der Waals surface area contributed by atoms with Crippen molar-refractivity contribution in [2.24, 2.45) is 0 Å². The van der Waals surface area contributed by atoms with Crippen LogP contribution in [0.5, 0.6) is 5.75 Å². The molecule has 0 saturated carbocycles. The van der Waals surface area contributed by atoms with Crippen molar-refractivity contribution in [3.63, 3.8) is 0 Å². The molecule has 0 saturated heterocycles. The van der Waals surface area contributed by atoms with E-state index in [4.69, 9.17) is 7.36 Å².